The lowest BCUT2D eigenvalue weighted by Crippen LogP contribution is -1.97. The Morgan fingerprint density at radius 1 is 1.09 bits per heavy atom. The van der Waals surface area contributed by atoms with E-state index in [1.165, 1.54) is 0 Å². The minimum atomic E-state index is 0.490. The van der Waals surface area contributed by atoms with Gasteiger partial charge in [-0.3, -0.25) is 4.99 Å². The van der Waals surface area contributed by atoms with Gasteiger partial charge in [0.1, 0.15) is 5.75 Å². The minimum absolute atomic E-state index is 0.490. The Kier molecular flexibility index (Phi) is 5.67. The van der Waals surface area contributed by atoms with Crippen LogP contribution in [0.5, 0.6) is 17.2 Å². The molecule has 0 unspecified atom stereocenters. The van der Waals surface area contributed by atoms with Gasteiger partial charge in [0.2, 0.25) is 0 Å². The molecule has 0 heterocycles. The molecule has 0 N–H and O–H groups in total. The number of nitrogens with zero attached hydrogens (tertiary/aromatic N) is 1. The molecule has 2 aromatic rings. The maximum atomic E-state index is 6.21. The molecule has 0 radical (unpaired) electrons. The van der Waals surface area contributed by atoms with Crippen molar-refractivity contribution in [2.75, 3.05) is 20.8 Å². The Bertz CT molecular complexity index is 654. The van der Waals surface area contributed by atoms with E-state index in [4.69, 9.17) is 25.8 Å². The van der Waals surface area contributed by atoms with E-state index in [2.05, 4.69) is 4.99 Å². The van der Waals surface area contributed by atoms with Crippen LogP contribution in [0.2, 0.25) is 5.02 Å². The van der Waals surface area contributed by atoms with Crippen molar-refractivity contribution in [3.05, 3.63) is 47.0 Å². The van der Waals surface area contributed by atoms with Gasteiger partial charge in [-0.15, -0.1) is 0 Å². The summed E-state index contributed by atoms with van der Waals surface area (Å²) in [5.41, 5.74) is 1.66. The summed E-state index contributed by atoms with van der Waals surface area (Å²) in [6, 6.07) is 11.1. The molecule has 0 aliphatic carbocycles. The van der Waals surface area contributed by atoms with Crippen LogP contribution in [-0.4, -0.2) is 27.0 Å². The highest BCUT2D eigenvalue weighted by Crippen LogP contribution is 2.36. The van der Waals surface area contributed by atoms with E-state index in [0.717, 1.165) is 17.0 Å². The summed E-state index contributed by atoms with van der Waals surface area (Å²) in [7, 11) is 3.20. The molecule has 116 valence electrons. The van der Waals surface area contributed by atoms with Gasteiger partial charge in [0.25, 0.3) is 0 Å². The lowest BCUT2D eigenvalue weighted by Gasteiger charge is -2.11. The minimum Gasteiger partial charge on any atom is -0.497 e. The van der Waals surface area contributed by atoms with Crippen LogP contribution in [0.15, 0.2) is 41.4 Å². The van der Waals surface area contributed by atoms with Gasteiger partial charge >= 0.3 is 0 Å². The van der Waals surface area contributed by atoms with E-state index in [-0.39, 0.29) is 0 Å². The molecule has 2 aromatic carbocycles. The Morgan fingerprint density at radius 2 is 1.82 bits per heavy atom. The standard InChI is InChI=1S/C17H18ClNO3/c1-4-22-16-10-12(9-15(18)17(16)21-3)11-19-13-5-7-14(20-2)8-6-13/h5-11H,4H2,1-3H3. The van der Waals surface area contributed by atoms with Crippen molar-refractivity contribution in [1.29, 1.82) is 0 Å². The quantitative estimate of drug-likeness (QED) is 0.736. The second kappa shape index (κ2) is 7.71. The fourth-order valence-corrected chi connectivity index (χ4v) is 2.24. The largest absolute Gasteiger partial charge is 0.497 e. The van der Waals surface area contributed by atoms with Crippen LogP contribution in [0.25, 0.3) is 0 Å². The number of aliphatic imine (C=N–C) groups is 1. The first-order valence-electron chi connectivity index (χ1n) is 6.86. The number of halogens is 1. The van der Waals surface area contributed by atoms with E-state index in [1.54, 1.807) is 26.5 Å². The number of ether oxygens (including phenoxy) is 3. The van der Waals surface area contributed by atoms with Gasteiger partial charge in [-0.25, -0.2) is 0 Å². The SMILES string of the molecule is CCOc1cc(C=Nc2ccc(OC)cc2)cc(Cl)c1OC. The fourth-order valence-electron chi connectivity index (χ4n) is 1.94. The number of methoxy groups -OCH3 is 2. The van der Waals surface area contributed by atoms with Crippen LogP contribution in [0.1, 0.15) is 12.5 Å². The summed E-state index contributed by atoms with van der Waals surface area (Å²) in [4.78, 5) is 4.41. The molecular formula is C17H18ClNO3. The number of hydrogen-bond donors (Lipinski definition) is 0. The number of hydrogen-bond acceptors (Lipinski definition) is 4. The smallest absolute Gasteiger partial charge is 0.179 e. The lowest BCUT2D eigenvalue weighted by atomic mass is 10.2. The maximum absolute atomic E-state index is 6.21. The molecule has 0 aliphatic rings. The lowest BCUT2D eigenvalue weighted by molar-refractivity contribution is 0.311. The molecule has 0 aliphatic heterocycles. The first-order valence-corrected chi connectivity index (χ1v) is 7.24. The summed E-state index contributed by atoms with van der Waals surface area (Å²) in [5, 5.41) is 0.490. The molecule has 0 fully saturated rings. The third kappa shape index (κ3) is 3.92. The highest BCUT2D eigenvalue weighted by atomic mass is 35.5. The Hall–Kier alpha value is -2.20. The zero-order chi connectivity index (χ0) is 15.9. The second-order valence-electron chi connectivity index (χ2n) is 4.42. The summed E-state index contributed by atoms with van der Waals surface area (Å²) in [5.74, 6) is 1.93. The first-order chi connectivity index (χ1) is 10.7. The predicted octanol–water partition coefficient (Wildman–Crippen LogP) is 4.51. The Balaban J connectivity index is 2.26. The molecule has 0 amide bonds. The highest BCUT2D eigenvalue weighted by Gasteiger charge is 2.10. The van der Waals surface area contributed by atoms with Crippen molar-refractivity contribution < 1.29 is 14.2 Å². The number of rotatable bonds is 6. The van der Waals surface area contributed by atoms with E-state index >= 15 is 0 Å². The zero-order valence-corrected chi connectivity index (χ0v) is 13.6. The molecule has 0 atom stereocenters. The van der Waals surface area contributed by atoms with Gasteiger partial charge in [-0.05, 0) is 48.9 Å². The maximum Gasteiger partial charge on any atom is 0.179 e. The summed E-state index contributed by atoms with van der Waals surface area (Å²) >= 11 is 6.21. The van der Waals surface area contributed by atoms with Crippen LogP contribution in [0.4, 0.5) is 5.69 Å². The van der Waals surface area contributed by atoms with Gasteiger partial charge in [-0.2, -0.15) is 0 Å². The molecule has 5 heteroatoms. The second-order valence-corrected chi connectivity index (χ2v) is 4.83. The van der Waals surface area contributed by atoms with E-state index in [1.807, 2.05) is 37.3 Å². The summed E-state index contributed by atoms with van der Waals surface area (Å²) in [6.07, 6.45) is 1.73. The molecule has 4 nitrogen and oxygen atoms in total. The van der Waals surface area contributed by atoms with Crippen molar-refractivity contribution in [2.45, 2.75) is 6.92 Å². The van der Waals surface area contributed by atoms with Crippen molar-refractivity contribution in [3.63, 3.8) is 0 Å². The molecule has 0 saturated carbocycles. The first kappa shape index (κ1) is 16.2. The van der Waals surface area contributed by atoms with Crippen molar-refractivity contribution in [2.24, 2.45) is 4.99 Å². The van der Waals surface area contributed by atoms with Crippen molar-refractivity contribution in [1.82, 2.24) is 0 Å². The van der Waals surface area contributed by atoms with Gasteiger partial charge in [0.05, 0.1) is 31.5 Å². The third-order valence-corrected chi connectivity index (χ3v) is 3.25. The van der Waals surface area contributed by atoms with Gasteiger partial charge in [0, 0.05) is 6.21 Å². The Morgan fingerprint density at radius 3 is 2.41 bits per heavy atom. The van der Waals surface area contributed by atoms with Crippen LogP contribution in [-0.2, 0) is 0 Å². The molecular weight excluding hydrogens is 302 g/mol. The molecule has 2 rings (SSSR count). The van der Waals surface area contributed by atoms with E-state index in [0.29, 0.717) is 23.1 Å². The van der Waals surface area contributed by atoms with Crippen LogP contribution in [0.3, 0.4) is 0 Å². The fraction of sp³-hybridized carbons (Fsp3) is 0.235. The molecule has 0 aromatic heterocycles. The van der Waals surface area contributed by atoms with E-state index < -0.39 is 0 Å². The highest BCUT2D eigenvalue weighted by molar-refractivity contribution is 6.32. The van der Waals surface area contributed by atoms with Gasteiger partial charge in [0.15, 0.2) is 11.5 Å². The van der Waals surface area contributed by atoms with Gasteiger partial charge in [-0.1, -0.05) is 11.6 Å². The summed E-state index contributed by atoms with van der Waals surface area (Å²) < 4.78 is 15.9. The van der Waals surface area contributed by atoms with Crippen LogP contribution >= 0.6 is 11.6 Å². The van der Waals surface area contributed by atoms with Gasteiger partial charge < -0.3 is 14.2 Å². The molecule has 22 heavy (non-hydrogen) atoms. The summed E-state index contributed by atoms with van der Waals surface area (Å²) in [6.45, 7) is 2.44. The normalized spacial score (nSPS) is 10.7. The Labute approximate surface area is 135 Å². The van der Waals surface area contributed by atoms with Crippen LogP contribution in [0, 0.1) is 0 Å². The van der Waals surface area contributed by atoms with Crippen molar-refractivity contribution >= 4 is 23.5 Å². The van der Waals surface area contributed by atoms with E-state index in [9.17, 15) is 0 Å². The zero-order valence-electron chi connectivity index (χ0n) is 12.8. The van der Waals surface area contributed by atoms with Crippen LogP contribution < -0.4 is 14.2 Å². The third-order valence-electron chi connectivity index (χ3n) is 2.97. The average molecular weight is 320 g/mol. The molecule has 0 saturated heterocycles. The monoisotopic (exact) mass is 319 g/mol. The topological polar surface area (TPSA) is 40.0 Å². The van der Waals surface area contributed by atoms with Crippen molar-refractivity contribution in [3.8, 4) is 17.2 Å². The molecule has 0 spiro atoms. The molecule has 0 bridgehead atoms. The average Bonchev–Trinajstić information content (AvgIpc) is 2.53. The number of benzene rings is 2. The predicted molar refractivity (Wildman–Crippen MR) is 89.4 cm³/mol.